The Morgan fingerprint density at radius 3 is 2.12 bits per heavy atom. The zero-order chi connectivity index (χ0) is 38.1. The number of carbonyl (C=O) groups excluding carboxylic acids is 4. The Bertz CT molecular complexity index is 1740. The molecule has 0 saturated carbocycles. The lowest BCUT2D eigenvalue weighted by Crippen LogP contribution is -2.84. The molecule has 0 radical (unpaired) electrons. The lowest BCUT2D eigenvalue weighted by atomic mass is 10.0. The lowest BCUT2D eigenvalue weighted by Gasteiger charge is -2.39. The van der Waals surface area contributed by atoms with Gasteiger partial charge in [0.05, 0.1) is 11.1 Å². The fourth-order valence-electron chi connectivity index (χ4n) is 5.32. The number of piperazine rings is 1. The molecular formula is C36H45Cl2FN5O7+. The van der Waals surface area contributed by atoms with Crippen LogP contribution in [0.1, 0.15) is 84.3 Å². The van der Waals surface area contributed by atoms with Crippen molar-refractivity contribution in [2.24, 2.45) is 0 Å². The van der Waals surface area contributed by atoms with Crippen LogP contribution < -0.4 is 16.0 Å². The molecule has 2 aliphatic rings. The zero-order valence-corrected chi connectivity index (χ0v) is 31.7. The summed E-state index contributed by atoms with van der Waals surface area (Å²) in [4.78, 5) is 56.4. The number of anilines is 1. The third-order valence-corrected chi connectivity index (χ3v) is 8.24. The minimum absolute atomic E-state index is 0.0102. The first-order valence-electron chi connectivity index (χ1n) is 16.4. The van der Waals surface area contributed by atoms with Crippen LogP contribution in [0.2, 0.25) is 10.0 Å². The average molecular weight is 750 g/mol. The van der Waals surface area contributed by atoms with Gasteiger partial charge in [-0.15, -0.1) is 4.90 Å². The number of amides is 4. The second-order valence-corrected chi connectivity index (χ2v) is 15.7. The minimum Gasteiger partial charge on any atom is -0.478 e. The average Bonchev–Trinajstić information content (AvgIpc) is 3.40. The van der Waals surface area contributed by atoms with E-state index >= 15 is 0 Å². The number of nitrogens with two attached hydrogens (primary N) is 1. The molecule has 2 aromatic rings. The van der Waals surface area contributed by atoms with Crippen molar-refractivity contribution in [1.82, 2.24) is 15.1 Å². The molecule has 4 N–H and O–H groups in total. The van der Waals surface area contributed by atoms with Crippen molar-refractivity contribution in [2.45, 2.75) is 85.2 Å². The molecule has 0 aromatic heterocycles. The zero-order valence-electron chi connectivity index (χ0n) is 30.2. The van der Waals surface area contributed by atoms with Gasteiger partial charge in [-0.05, 0) is 98.7 Å². The molecule has 2 heterocycles. The molecule has 4 amide bonds. The molecule has 276 valence electrons. The normalized spacial score (nSPS) is 16.6. The summed E-state index contributed by atoms with van der Waals surface area (Å²) in [7, 11) is 0. The van der Waals surface area contributed by atoms with E-state index in [4.69, 9.17) is 37.4 Å². The fraction of sp³-hybridized carbons (Fsp3) is 0.444. The number of nitrogens with one attached hydrogen (secondary N) is 2. The predicted molar refractivity (Wildman–Crippen MR) is 190 cm³/mol. The third kappa shape index (κ3) is 10.2. The first-order valence-corrected chi connectivity index (χ1v) is 17.1. The van der Waals surface area contributed by atoms with Gasteiger partial charge in [-0.2, -0.15) is 0 Å². The Morgan fingerprint density at radius 2 is 1.57 bits per heavy atom. The van der Waals surface area contributed by atoms with Gasteiger partial charge in [0.25, 0.3) is 11.7 Å². The largest absolute Gasteiger partial charge is 0.478 e. The van der Waals surface area contributed by atoms with Crippen molar-refractivity contribution in [3.8, 4) is 0 Å². The highest BCUT2D eigenvalue weighted by Crippen LogP contribution is 2.36. The van der Waals surface area contributed by atoms with Gasteiger partial charge in [0.2, 0.25) is 11.5 Å². The first-order chi connectivity index (χ1) is 23.5. The Labute approximate surface area is 307 Å². The Kier molecular flexibility index (Phi) is 11.8. The SMILES string of the molecule is CC(OC1=C(N(C(=O)OC(C)(C)C)C(=O)OC(C)(C)C)[NH2+]C(C(=O)Nc2ccc(C(=O)N3CCNC(C)(C)C3)cc2)=C1)c1c(Cl)ccc(F)c1Cl. The number of nitrogens with zero attached hydrogens (tertiary/aromatic N) is 2. The highest BCUT2D eigenvalue weighted by atomic mass is 35.5. The number of carbonyl (C=O) groups is 4. The summed E-state index contributed by atoms with van der Waals surface area (Å²) in [6.07, 6.45) is -1.90. The van der Waals surface area contributed by atoms with Gasteiger partial charge in [0, 0.05) is 47.0 Å². The number of imide groups is 1. The van der Waals surface area contributed by atoms with Crippen LogP contribution in [-0.4, -0.2) is 70.2 Å². The number of rotatable bonds is 7. The molecule has 1 saturated heterocycles. The van der Waals surface area contributed by atoms with Crippen LogP contribution in [0.4, 0.5) is 19.7 Å². The maximum atomic E-state index is 14.5. The van der Waals surface area contributed by atoms with E-state index in [1.165, 1.54) is 17.5 Å². The van der Waals surface area contributed by atoms with E-state index in [2.05, 4.69) is 10.6 Å². The van der Waals surface area contributed by atoms with Crippen LogP contribution >= 0.6 is 23.2 Å². The lowest BCUT2D eigenvalue weighted by molar-refractivity contribution is -0.558. The highest BCUT2D eigenvalue weighted by molar-refractivity contribution is 6.36. The van der Waals surface area contributed by atoms with E-state index < -0.39 is 41.2 Å². The van der Waals surface area contributed by atoms with Crippen molar-refractivity contribution in [1.29, 1.82) is 0 Å². The maximum absolute atomic E-state index is 14.5. The molecule has 1 atom stereocenters. The standard InChI is InChI=1S/C36H44Cl2FN5O7/c1-20(27-23(37)14-15-24(39)28(27)38)49-26-18-25(42-29(26)44(32(47)50-34(2,3)4)33(48)51-35(5,6)7)30(45)41-22-12-10-21(11-13-22)31(46)43-17-16-40-36(8,9)19-43/h10-15,18,20,40,42H,16-17,19H2,1-9H3,(H,41,45)/p+1. The molecule has 15 heteroatoms. The molecule has 1 fully saturated rings. The van der Waals surface area contributed by atoms with Crippen molar-refractivity contribution in [2.75, 3.05) is 25.0 Å². The van der Waals surface area contributed by atoms with Crippen LogP contribution in [-0.2, 0) is 19.0 Å². The van der Waals surface area contributed by atoms with Gasteiger partial charge >= 0.3 is 18.1 Å². The van der Waals surface area contributed by atoms with E-state index in [0.29, 0.717) is 35.8 Å². The molecule has 0 bridgehead atoms. The summed E-state index contributed by atoms with van der Waals surface area (Å²) in [5, 5.41) is 7.25. The smallest absolute Gasteiger partial charge is 0.428 e. The van der Waals surface area contributed by atoms with Gasteiger partial charge in [-0.3, -0.25) is 14.9 Å². The third-order valence-electron chi connectivity index (χ3n) is 7.52. The molecule has 1 unspecified atom stereocenters. The molecule has 4 rings (SSSR count). The van der Waals surface area contributed by atoms with Gasteiger partial charge in [0.15, 0.2) is 0 Å². The van der Waals surface area contributed by atoms with E-state index in [1.54, 1.807) is 77.6 Å². The number of benzene rings is 2. The summed E-state index contributed by atoms with van der Waals surface area (Å²) >= 11 is 12.6. The molecule has 0 aliphatic carbocycles. The Balaban J connectivity index is 1.65. The molecule has 12 nitrogen and oxygen atoms in total. The van der Waals surface area contributed by atoms with Crippen LogP contribution in [0.25, 0.3) is 0 Å². The number of allylic oxidation sites excluding steroid dienone is 1. The van der Waals surface area contributed by atoms with E-state index in [0.717, 1.165) is 6.07 Å². The van der Waals surface area contributed by atoms with Crippen molar-refractivity contribution in [3.63, 3.8) is 0 Å². The van der Waals surface area contributed by atoms with E-state index in [-0.39, 0.29) is 44.3 Å². The quantitative estimate of drug-likeness (QED) is 0.274. The molecular weight excluding hydrogens is 704 g/mol. The van der Waals surface area contributed by atoms with Crippen molar-refractivity contribution in [3.05, 3.63) is 86.7 Å². The number of halogens is 3. The summed E-state index contributed by atoms with van der Waals surface area (Å²) < 4.78 is 31.7. The first kappa shape index (κ1) is 39.6. The molecule has 2 aliphatic heterocycles. The Hall–Kier alpha value is -4.17. The van der Waals surface area contributed by atoms with Gasteiger partial charge in [-0.25, -0.2) is 14.0 Å². The van der Waals surface area contributed by atoms with Crippen LogP contribution in [0.15, 0.2) is 59.8 Å². The van der Waals surface area contributed by atoms with Gasteiger partial charge in [0.1, 0.15) is 23.1 Å². The van der Waals surface area contributed by atoms with Gasteiger partial charge < -0.3 is 29.7 Å². The van der Waals surface area contributed by atoms with Crippen molar-refractivity contribution < 1.29 is 43.1 Å². The number of hydrogen-bond donors (Lipinski definition) is 3. The summed E-state index contributed by atoms with van der Waals surface area (Å²) in [6, 6.07) is 8.88. The fourth-order valence-corrected chi connectivity index (χ4v) is 6.00. The molecule has 2 aromatic carbocycles. The van der Waals surface area contributed by atoms with Crippen molar-refractivity contribution >= 4 is 52.9 Å². The monoisotopic (exact) mass is 748 g/mol. The van der Waals surface area contributed by atoms with Crippen LogP contribution in [0, 0.1) is 5.82 Å². The van der Waals surface area contributed by atoms with Gasteiger partial charge in [-0.1, -0.05) is 23.2 Å². The summed E-state index contributed by atoms with van der Waals surface area (Å²) in [6.45, 7) is 17.1. The summed E-state index contributed by atoms with van der Waals surface area (Å²) in [5.41, 5.74) is -1.30. The Morgan fingerprint density at radius 1 is 0.980 bits per heavy atom. The van der Waals surface area contributed by atoms with E-state index in [9.17, 15) is 23.6 Å². The summed E-state index contributed by atoms with van der Waals surface area (Å²) in [5.74, 6) is -1.79. The maximum Gasteiger partial charge on any atom is 0.428 e. The van der Waals surface area contributed by atoms with Crippen LogP contribution in [0.5, 0.6) is 0 Å². The number of ether oxygens (including phenoxy) is 3. The number of quaternary nitrogens is 1. The second-order valence-electron chi connectivity index (χ2n) is 14.9. The van der Waals surface area contributed by atoms with E-state index in [1.807, 2.05) is 13.8 Å². The highest BCUT2D eigenvalue weighted by Gasteiger charge is 2.43. The van der Waals surface area contributed by atoms with Crippen LogP contribution in [0.3, 0.4) is 0 Å². The predicted octanol–water partition coefficient (Wildman–Crippen LogP) is 6.48. The second kappa shape index (κ2) is 15.2. The topological polar surface area (TPSA) is 143 Å². The molecule has 51 heavy (non-hydrogen) atoms. The minimum atomic E-state index is -1.10. The number of hydrogen-bond acceptors (Lipinski definition) is 8. The molecule has 0 spiro atoms.